The largest absolute Gasteiger partial charge is 0.367 e. The van der Waals surface area contributed by atoms with Gasteiger partial charge in [0.15, 0.2) is 0 Å². The number of rotatable bonds is 3. The van der Waals surface area contributed by atoms with Crippen LogP contribution in [0.3, 0.4) is 0 Å². The summed E-state index contributed by atoms with van der Waals surface area (Å²) in [5, 5.41) is 0. The van der Waals surface area contributed by atoms with Gasteiger partial charge in [0.1, 0.15) is 5.82 Å². The summed E-state index contributed by atoms with van der Waals surface area (Å²) < 4.78 is 2.08. The second kappa shape index (κ2) is 3.67. The highest BCUT2D eigenvalue weighted by Gasteiger charge is 2.07. The van der Waals surface area contributed by atoms with E-state index in [-0.39, 0.29) is 0 Å². The third-order valence-electron chi connectivity index (χ3n) is 2.35. The topological polar surface area (TPSA) is 59.6 Å². The molecule has 2 heterocycles. The van der Waals surface area contributed by atoms with Crippen LogP contribution in [0.2, 0.25) is 0 Å². The zero-order chi connectivity index (χ0) is 9.97. The summed E-state index contributed by atoms with van der Waals surface area (Å²) in [6.07, 6.45) is 6.57. The van der Waals surface area contributed by atoms with E-state index in [0.717, 1.165) is 23.5 Å². The molecule has 2 aromatic heterocycles. The Morgan fingerprint density at radius 1 is 1.57 bits per heavy atom. The van der Waals surface area contributed by atoms with E-state index in [2.05, 4.69) is 14.5 Å². The Morgan fingerprint density at radius 3 is 3.07 bits per heavy atom. The highest BCUT2D eigenvalue weighted by Crippen LogP contribution is 2.18. The van der Waals surface area contributed by atoms with E-state index >= 15 is 0 Å². The van der Waals surface area contributed by atoms with Gasteiger partial charge in [-0.2, -0.15) is 0 Å². The summed E-state index contributed by atoms with van der Waals surface area (Å²) in [7, 11) is 2.01. The van der Waals surface area contributed by atoms with Crippen LogP contribution < -0.4 is 5.73 Å². The first-order valence-corrected chi connectivity index (χ1v) is 4.66. The molecule has 2 aromatic rings. The van der Waals surface area contributed by atoms with Crippen molar-refractivity contribution < 1.29 is 0 Å². The molecule has 14 heavy (non-hydrogen) atoms. The Balaban J connectivity index is 2.36. The van der Waals surface area contributed by atoms with Crippen LogP contribution in [-0.2, 0) is 13.5 Å². The molecule has 0 amide bonds. The highest BCUT2D eigenvalue weighted by molar-refractivity contribution is 5.58. The average molecular weight is 190 g/mol. The molecule has 3 N–H and O–H groups in total. The first kappa shape index (κ1) is 9.02. The van der Waals surface area contributed by atoms with E-state index in [9.17, 15) is 0 Å². The predicted octanol–water partition coefficient (Wildman–Crippen LogP) is 0.916. The normalized spacial score (nSPS) is 10.7. The molecule has 74 valence electrons. The maximum Gasteiger partial charge on any atom is 0.110 e. The van der Waals surface area contributed by atoms with Crippen LogP contribution in [-0.4, -0.2) is 21.1 Å². The van der Waals surface area contributed by atoms with Gasteiger partial charge in [0.05, 0.1) is 11.9 Å². The predicted molar refractivity (Wildman–Crippen MR) is 55.8 cm³/mol. The fourth-order valence-corrected chi connectivity index (χ4v) is 1.56. The van der Waals surface area contributed by atoms with Crippen LogP contribution >= 0.6 is 0 Å². The number of H-pyrrole nitrogens is 1. The number of nitrogens with one attached hydrogen (secondary N) is 1. The van der Waals surface area contributed by atoms with Crippen molar-refractivity contribution in [2.45, 2.75) is 6.42 Å². The second-order valence-electron chi connectivity index (χ2n) is 3.26. The van der Waals surface area contributed by atoms with Gasteiger partial charge in [0.25, 0.3) is 0 Å². The molecule has 0 radical (unpaired) electrons. The number of nitrogens with zero attached hydrogens (tertiary/aromatic N) is 2. The molecular weight excluding hydrogens is 176 g/mol. The van der Waals surface area contributed by atoms with Gasteiger partial charge < -0.3 is 15.3 Å². The van der Waals surface area contributed by atoms with Gasteiger partial charge >= 0.3 is 0 Å². The van der Waals surface area contributed by atoms with Gasteiger partial charge in [-0.05, 0) is 12.6 Å². The number of hydrogen-bond acceptors (Lipinski definition) is 2. The fraction of sp³-hybridized carbons (Fsp3) is 0.300. The standard InChI is InChI=1S/C10H14N4/c1-14-9(8-3-5-12-6-8)7-13-10(14)2-4-11/h3,5-7,12H,2,4,11H2,1H3. The molecule has 0 unspecified atom stereocenters. The molecule has 0 aliphatic rings. The van der Waals surface area contributed by atoms with Crippen molar-refractivity contribution in [1.29, 1.82) is 0 Å². The van der Waals surface area contributed by atoms with Gasteiger partial charge in [0.2, 0.25) is 0 Å². The van der Waals surface area contributed by atoms with Crippen LogP contribution in [0.15, 0.2) is 24.7 Å². The number of aromatic amines is 1. The zero-order valence-electron chi connectivity index (χ0n) is 8.20. The lowest BCUT2D eigenvalue weighted by molar-refractivity contribution is 0.782. The Hall–Kier alpha value is -1.55. The molecule has 0 aliphatic heterocycles. The smallest absolute Gasteiger partial charge is 0.110 e. The summed E-state index contributed by atoms with van der Waals surface area (Å²) in [5.74, 6) is 1.03. The van der Waals surface area contributed by atoms with Crippen molar-refractivity contribution in [3.05, 3.63) is 30.5 Å². The molecule has 0 saturated heterocycles. The minimum Gasteiger partial charge on any atom is -0.367 e. The van der Waals surface area contributed by atoms with E-state index in [1.165, 1.54) is 0 Å². The maximum atomic E-state index is 5.50. The molecule has 0 aromatic carbocycles. The highest BCUT2D eigenvalue weighted by atomic mass is 15.1. The Morgan fingerprint density at radius 2 is 2.43 bits per heavy atom. The molecule has 2 rings (SSSR count). The average Bonchev–Trinajstić information content (AvgIpc) is 2.77. The summed E-state index contributed by atoms with van der Waals surface area (Å²) in [6, 6.07) is 2.03. The fourth-order valence-electron chi connectivity index (χ4n) is 1.56. The molecular formula is C10H14N4. The van der Waals surface area contributed by atoms with Crippen molar-refractivity contribution in [3.63, 3.8) is 0 Å². The third-order valence-corrected chi connectivity index (χ3v) is 2.35. The Kier molecular flexibility index (Phi) is 2.37. The lowest BCUT2D eigenvalue weighted by atomic mass is 10.2. The van der Waals surface area contributed by atoms with Crippen LogP contribution in [0.5, 0.6) is 0 Å². The van der Waals surface area contributed by atoms with Crippen LogP contribution in [0.4, 0.5) is 0 Å². The summed E-state index contributed by atoms with van der Waals surface area (Å²) in [5.41, 5.74) is 7.77. The summed E-state index contributed by atoms with van der Waals surface area (Å²) in [4.78, 5) is 7.36. The minimum absolute atomic E-state index is 0.636. The lowest BCUT2D eigenvalue weighted by Gasteiger charge is -2.02. The van der Waals surface area contributed by atoms with Crippen molar-refractivity contribution in [1.82, 2.24) is 14.5 Å². The molecule has 0 aliphatic carbocycles. The van der Waals surface area contributed by atoms with Crippen molar-refractivity contribution in [3.8, 4) is 11.3 Å². The van der Waals surface area contributed by atoms with E-state index < -0.39 is 0 Å². The van der Waals surface area contributed by atoms with Crippen LogP contribution in [0, 0.1) is 0 Å². The van der Waals surface area contributed by atoms with E-state index in [1.54, 1.807) is 0 Å². The number of imidazole rings is 1. The first-order valence-electron chi connectivity index (χ1n) is 4.66. The van der Waals surface area contributed by atoms with Gasteiger partial charge in [-0.3, -0.25) is 0 Å². The van der Waals surface area contributed by atoms with Crippen LogP contribution in [0.1, 0.15) is 5.82 Å². The molecule has 0 bridgehead atoms. The molecule has 0 saturated carbocycles. The molecule has 4 heteroatoms. The Labute approximate surface area is 82.8 Å². The van der Waals surface area contributed by atoms with Gasteiger partial charge in [0, 0.05) is 31.4 Å². The monoisotopic (exact) mass is 190 g/mol. The van der Waals surface area contributed by atoms with Crippen molar-refractivity contribution >= 4 is 0 Å². The van der Waals surface area contributed by atoms with Crippen LogP contribution in [0.25, 0.3) is 11.3 Å². The molecule has 4 nitrogen and oxygen atoms in total. The van der Waals surface area contributed by atoms with Gasteiger partial charge in [-0.1, -0.05) is 0 Å². The van der Waals surface area contributed by atoms with E-state index in [4.69, 9.17) is 5.73 Å². The Bertz CT molecular complexity index is 400. The lowest BCUT2D eigenvalue weighted by Crippen LogP contribution is -2.08. The van der Waals surface area contributed by atoms with Crippen molar-refractivity contribution in [2.24, 2.45) is 12.8 Å². The zero-order valence-corrected chi connectivity index (χ0v) is 8.20. The van der Waals surface area contributed by atoms with E-state index in [0.29, 0.717) is 6.54 Å². The SMILES string of the molecule is Cn1c(-c2cc[nH]c2)cnc1CCN. The summed E-state index contributed by atoms with van der Waals surface area (Å²) >= 11 is 0. The summed E-state index contributed by atoms with van der Waals surface area (Å²) in [6.45, 7) is 0.636. The third kappa shape index (κ3) is 1.44. The van der Waals surface area contributed by atoms with Gasteiger partial charge in [-0.25, -0.2) is 4.98 Å². The number of aromatic nitrogens is 3. The number of hydrogen-bond donors (Lipinski definition) is 2. The van der Waals surface area contributed by atoms with Crippen molar-refractivity contribution in [2.75, 3.05) is 6.54 Å². The second-order valence-corrected chi connectivity index (χ2v) is 3.26. The molecule has 0 fully saturated rings. The molecule has 0 spiro atoms. The quantitative estimate of drug-likeness (QED) is 0.756. The van der Waals surface area contributed by atoms with Gasteiger partial charge in [-0.15, -0.1) is 0 Å². The maximum absolute atomic E-state index is 5.50. The molecule has 0 atom stereocenters. The number of nitrogens with two attached hydrogens (primary N) is 1. The van der Waals surface area contributed by atoms with E-state index in [1.807, 2.05) is 31.7 Å². The first-order chi connectivity index (χ1) is 6.83. The minimum atomic E-state index is 0.636.